The van der Waals surface area contributed by atoms with Gasteiger partial charge in [-0.15, -0.1) is 0 Å². The first-order valence-electron chi connectivity index (χ1n) is 17.0. The first-order valence-corrected chi connectivity index (χ1v) is 17.0. The quantitative estimate of drug-likeness (QED) is 0.174. The van der Waals surface area contributed by atoms with Crippen LogP contribution in [-0.2, 0) is 0 Å². The van der Waals surface area contributed by atoms with Gasteiger partial charge in [-0.1, -0.05) is 109 Å². The van der Waals surface area contributed by atoms with Gasteiger partial charge in [-0.3, -0.25) is 0 Å². The molecular formula is C47H42N2. The zero-order valence-corrected chi connectivity index (χ0v) is 28.9. The van der Waals surface area contributed by atoms with Gasteiger partial charge in [-0.25, -0.2) is 0 Å². The third-order valence-corrected chi connectivity index (χ3v) is 9.44. The lowest BCUT2D eigenvalue weighted by atomic mass is 9.89. The smallest absolute Gasteiger partial charge is 0.0387 e. The van der Waals surface area contributed by atoms with Crippen molar-refractivity contribution in [2.45, 2.75) is 34.6 Å². The lowest BCUT2D eigenvalue weighted by Crippen LogP contribution is -1.96. The van der Waals surface area contributed by atoms with Crippen LogP contribution in [0.4, 0.5) is 22.7 Å². The Hall–Kier alpha value is -5.86. The maximum atomic E-state index is 3.60. The Morgan fingerprint density at radius 1 is 0.286 bits per heavy atom. The molecule has 49 heavy (non-hydrogen) atoms. The van der Waals surface area contributed by atoms with E-state index in [0.717, 1.165) is 22.7 Å². The minimum Gasteiger partial charge on any atom is -0.356 e. The van der Waals surface area contributed by atoms with Crippen LogP contribution in [0.2, 0.25) is 0 Å². The number of rotatable bonds is 8. The van der Waals surface area contributed by atoms with Crippen LogP contribution in [0.5, 0.6) is 0 Å². The summed E-state index contributed by atoms with van der Waals surface area (Å²) in [4.78, 5) is 0. The molecule has 2 N–H and O–H groups in total. The SMILES string of the molecule is Cc1ccc(-c2ccc(Nc3ccc(-c4cc(C)c(-c5ccc(Nc6ccc(-c7ccccc7)cc6)cc5C)cc4C)c(C)c3)cc2)cc1. The molecule has 2 heteroatoms. The molecule has 0 atom stereocenters. The average Bonchev–Trinajstić information content (AvgIpc) is 3.11. The van der Waals surface area contributed by atoms with Crippen molar-refractivity contribution in [1.82, 2.24) is 0 Å². The van der Waals surface area contributed by atoms with Crippen molar-refractivity contribution in [3.05, 3.63) is 179 Å². The van der Waals surface area contributed by atoms with E-state index in [2.05, 4.69) is 197 Å². The Morgan fingerprint density at radius 2 is 0.633 bits per heavy atom. The number of aryl methyl sites for hydroxylation is 5. The van der Waals surface area contributed by atoms with Crippen molar-refractivity contribution in [2.24, 2.45) is 0 Å². The van der Waals surface area contributed by atoms with E-state index >= 15 is 0 Å². The summed E-state index contributed by atoms with van der Waals surface area (Å²) < 4.78 is 0. The molecule has 0 saturated heterocycles. The number of benzene rings is 7. The molecule has 7 aromatic rings. The monoisotopic (exact) mass is 634 g/mol. The van der Waals surface area contributed by atoms with Crippen LogP contribution in [0.1, 0.15) is 27.8 Å². The Balaban J connectivity index is 1.06. The van der Waals surface area contributed by atoms with Gasteiger partial charge in [-0.2, -0.15) is 0 Å². The van der Waals surface area contributed by atoms with Crippen LogP contribution >= 0.6 is 0 Å². The largest absolute Gasteiger partial charge is 0.356 e. The predicted octanol–water partition coefficient (Wildman–Crippen LogP) is 13.4. The summed E-state index contributed by atoms with van der Waals surface area (Å²) in [7, 11) is 0. The number of anilines is 4. The van der Waals surface area contributed by atoms with Crippen molar-refractivity contribution in [3.8, 4) is 44.5 Å². The predicted molar refractivity (Wildman–Crippen MR) is 211 cm³/mol. The highest BCUT2D eigenvalue weighted by molar-refractivity contribution is 5.81. The van der Waals surface area contributed by atoms with Crippen molar-refractivity contribution in [2.75, 3.05) is 10.6 Å². The fraction of sp³-hybridized carbons (Fsp3) is 0.106. The Morgan fingerprint density at radius 3 is 1.04 bits per heavy atom. The molecule has 0 amide bonds. The molecule has 0 aliphatic carbocycles. The normalized spacial score (nSPS) is 11.0. The Labute approximate surface area is 291 Å². The van der Waals surface area contributed by atoms with Crippen LogP contribution in [0, 0.1) is 34.6 Å². The van der Waals surface area contributed by atoms with E-state index in [4.69, 9.17) is 0 Å². The number of nitrogens with one attached hydrogen (secondary N) is 2. The van der Waals surface area contributed by atoms with Gasteiger partial charge in [-0.05, 0) is 150 Å². The molecule has 0 unspecified atom stereocenters. The highest BCUT2D eigenvalue weighted by atomic mass is 14.9. The second kappa shape index (κ2) is 13.7. The first-order chi connectivity index (χ1) is 23.8. The van der Waals surface area contributed by atoms with Crippen molar-refractivity contribution in [1.29, 1.82) is 0 Å². The van der Waals surface area contributed by atoms with Crippen LogP contribution in [0.15, 0.2) is 152 Å². The molecule has 0 radical (unpaired) electrons. The van der Waals surface area contributed by atoms with Crippen LogP contribution in [-0.4, -0.2) is 0 Å². The van der Waals surface area contributed by atoms with E-state index in [1.807, 2.05) is 0 Å². The van der Waals surface area contributed by atoms with Gasteiger partial charge >= 0.3 is 0 Å². The third kappa shape index (κ3) is 7.05. The summed E-state index contributed by atoms with van der Waals surface area (Å²) in [5.41, 5.74) is 20.7. The second-order valence-corrected chi connectivity index (χ2v) is 13.2. The van der Waals surface area contributed by atoms with E-state index in [0.29, 0.717) is 0 Å². The molecule has 7 aromatic carbocycles. The highest BCUT2D eigenvalue weighted by Crippen LogP contribution is 2.37. The zero-order chi connectivity index (χ0) is 33.9. The summed E-state index contributed by atoms with van der Waals surface area (Å²) in [5, 5.41) is 7.19. The summed E-state index contributed by atoms with van der Waals surface area (Å²) in [5.74, 6) is 0. The maximum Gasteiger partial charge on any atom is 0.0387 e. The fourth-order valence-corrected chi connectivity index (χ4v) is 6.69. The minimum atomic E-state index is 1.08. The zero-order valence-electron chi connectivity index (χ0n) is 28.9. The maximum absolute atomic E-state index is 3.60. The van der Waals surface area contributed by atoms with Crippen LogP contribution < -0.4 is 10.6 Å². The minimum absolute atomic E-state index is 1.08. The summed E-state index contributed by atoms with van der Waals surface area (Å²) >= 11 is 0. The van der Waals surface area contributed by atoms with E-state index in [1.165, 1.54) is 72.3 Å². The molecule has 2 nitrogen and oxygen atoms in total. The van der Waals surface area contributed by atoms with E-state index in [9.17, 15) is 0 Å². The molecular weight excluding hydrogens is 593 g/mol. The molecule has 0 fully saturated rings. The van der Waals surface area contributed by atoms with Crippen molar-refractivity contribution < 1.29 is 0 Å². The van der Waals surface area contributed by atoms with E-state index in [-0.39, 0.29) is 0 Å². The van der Waals surface area contributed by atoms with Gasteiger partial charge in [0.1, 0.15) is 0 Å². The van der Waals surface area contributed by atoms with Crippen molar-refractivity contribution >= 4 is 22.7 Å². The lowest BCUT2D eigenvalue weighted by Gasteiger charge is -2.18. The van der Waals surface area contributed by atoms with Gasteiger partial charge in [0.25, 0.3) is 0 Å². The molecule has 240 valence electrons. The average molecular weight is 635 g/mol. The fourth-order valence-electron chi connectivity index (χ4n) is 6.69. The van der Waals surface area contributed by atoms with Gasteiger partial charge in [0.2, 0.25) is 0 Å². The Kier molecular flexibility index (Phi) is 8.87. The Bertz CT molecular complexity index is 2230. The number of hydrogen-bond donors (Lipinski definition) is 2. The van der Waals surface area contributed by atoms with Gasteiger partial charge in [0.05, 0.1) is 0 Å². The van der Waals surface area contributed by atoms with Crippen LogP contribution in [0.3, 0.4) is 0 Å². The molecule has 0 heterocycles. The van der Waals surface area contributed by atoms with E-state index < -0.39 is 0 Å². The second-order valence-electron chi connectivity index (χ2n) is 13.2. The van der Waals surface area contributed by atoms with E-state index in [1.54, 1.807) is 0 Å². The number of hydrogen-bond acceptors (Lipinski definition) is 2. The molecule has 0 aromatic heterocycles. The molecule has 0 bridgehead atoms. The summed E-state index contributed by atoms with van der Waals surface area (Å²) in [6, 6.07) is 54.5. The van der Waals surface area contributed by atoms with Crippen LogP contribution in [0.25, 0.3) is 44.5 Å². The van der Waals surface area contributed by atoms with Gasteiger partial charge in [0.15, 0.2) is 0 Å². The molecule has 0 saturated carbocycles. The summed E-state index contributed by atoms with van der Waals surface area (Å²) in [6.07, 6.45) is 0. The van der Waals surface area contributed by atoms with Gasteiger partial charge in [0, 0.05) is 22.7 Å². The molecule has 0 aliphatic rings. The first kappa shape index (κ1) is 31.7. The van der Waals surface area contributed by atoms with Gasteiger partial charge < -0.3 is 10.6 Å². The summed E-state index contributed by atoms with van der Waals surface area (Å²) in [6.45, 7) is 11.0. The van der Waals surface area contributed by atoms with Crippen molar-refractivity contribution in [3.63, 3.8) is 0 Å². The molecule has 7 rings (SSSR count). The molecule has 0 spiro atoms. The molecule has 0 aliphatic heterocycles. The topological polar surface area (TPSA) is 24.1 Å². The lowest BCUT2D eigenvalue weighted by molar-refractivity contribution is 1.35. The highest BCUT2D eigenvalue weighted by Gasteiger charge is 2.13. The standard InChI is InChI=1S/C47H42N2/c1-31-11-13-37(14-12-31)39-17-21-41(22-18-39)49-43-24-26-45(33(3)28-43)47-30-34(4)46(29-35(47)5)44-25-23-42(27-32(44)2)48-40-19-15-38(16-20-40)36-9-7-6-8-10-36/h6-30,48-49H,1-5H3. The third-order valence-electron chi connectivity index (χ3n) is 9.44.